The zero-order valence-electron chi connectivity index (χ0n) is 21.5. The summed E-state index contributed by atoms with van der Waals surface area (Å²) in [5, 5.41) is 2.24. The maximum atomic E-state index is 14.3. The number of halogens is 2. The van der Waals surface area contributed by atoms with Crippen molar-refractivity contribution in [1.29, 1.82) is 0 Å². The molecule has 3 amide bonds. The predicted molar refractivity (Wildman–Crippen MR) is 154 cm³/mol. The van der Waals surface area contributed by atoms with E-state index in [2.05, 4.69) is 0 Å². The van der Waals surface area contributed by atoms with E-state index in [0.717, 1.165) is 32.3 Å². The van der Waals surface area contributed by atoms with Gasteiger partial charge < -0.3 is 0 Å². The Morgan fingerprint density at radius 2 is 1.17 bits per heavy atom. The number of amides is 3. The summed E-state index contributed by atoms with van der Waals surface area (Å²) in [5.41, 5.74) is 4.43. The third-order valence-electron chi connectivity index (χ3n) is 8.45. The predicted octanol–water partition coefficient (Wildman–Crippen LogP) is 6.13. The van der Waals surface area contributed by atoms with Crippen LogP contribution in [0.15, 0.2) is 97.1 Å². The minimum Gasteiger partial charge on any atom is -0.292 e. The van der Waals surface area contributed by atoms with Crippen LogP contribution in [0.1, 0.15) is 54.8 Å². The number of nitrogens with zero attached hydrogens (tertiary/aromatic N) is 2. The van der Waals surface area contributed by atoms with E-state index in [1.54, 1.807) is 30.3 Å². The molecular weight excluding hydrogens is 559 g/mol. The monoisotopic (exact) mass is 580 g/mol. The van der Waals surface area contributed by atoms with E-state index < -0.39 is 41.9 Å². The van der Waals surface area contributed by atoms with E-state index in [9.17, 15) is 19.2 Å². The normalized spacial score (nSPS) is 21.8. The fraction of sp³-hybridized carbons (Fsp3) is 0.152. The molecule has 1 heterocycles. The van der Waals surface area contributed by atoms with Crippen LogP contribution < -0.4 is 0 Å². The standard InChI is InChI=1S/C33H22Cl2N2O4/c34-19-14-15-24(25(35)16-19)31(39)36(17-26(38)18-8-2-1-3-9-18)37-32(40)29-27-20-10-4-5-11-21(20)28(30(29)33(37)41)23-13-7-6-12-22(23)27/h1-16,27-30H,17H2/t27?,28?,29-,30-/m1/s1. The average molecular weight is 581 g/mol. The number of carbonyl (C=O) groups is 4. The van der Waals surface area contributed by atoms with E-state index in [1.165, 1.54) is 18.2 Å². The molecule has 0 radical (unpaired) electrons. The minimum absolute atomic E-state index is 0.0296. The van der Waals surface area contributed by atoms with Gasteiger partial charge in [-0.05, 0) is 40.5 Å². The van der Waals surface area contributed by atoms with Gasteiger partial charge in [0.2, 0.25) is 0 Å². The van der Waals surface area contributed by atoms with Crippen LogP contribution in [0.3, 0.4) is 0 Å². The maximum Gasteiger partial charge on any atom is 0.274 e. The first-order chi connectivity index (χ1) is 19.9. The van der Waals surface area contributed by atoms with Crippen LogP contribution in [0, 0.1) is 11.8 Å². The van der Waals surface area contributed by atoms with Crippen LogP contribution in [-0.2, 0) is 9.59 Å². The minimum atomic E-state index is -0.737. The van der Waals surface area contributed by atoms with Crippen molar-refractivity contribution in [3.8, 4) is 0 Å². The lowest BCUT2D eigenvalue weighted by atomic mass is 9.55. The van der Waals surface area contributed by atoms with E-state index >= 15 is 0 Å². The number of hydrogen-bond donors (Lipinski definition) is 0. The Morgan fingerprint density at radius 3 is 1.66 bits per heavy atom. The molecule has 2 atom stereocenters. The third kappa shape index (κ3) is 3.85. The number of ketones is 1. The molecule has 0 saturated carbocycles. The third-order valence-corrected chi connectivity index (χ3v) is 9.00. The second-order valence-electron chi connectivity index (χ2n) is 10.5. The summed E-state index contributed by atoms with van der Waals surface area (Å²) in [5.74, 6) is -4.27. The SMILES string of the molecule is O=C(CN(C(=O)c1ccc(Cl)cc1Cl)N1C(=O)[C@@H]2C3c4ccccc4C(c4ccccc43)[C@H]2C1=O)c1ccccc1. The number of imide groups is 1. The number of rotatable bonds is 5. The smallest absolute Gasteiger partial charge is 0.274 e. The molecule has 2 bridgehead atoms. The molecule has 4 aromatic carbocycles. The van der Waals surface area contributed by atoms with E-state index in [1.807, 2.05) is 48.5 Å². The van der Waals surface area contributed by atoms with Crippen molar-refractivity contribution in [2.24, 2.45) is 11.8 Å². The van der Waals surface area contributed by atoms with Crippen molar-refractivity contribution in [3.05, 3.63) is 140 Å². The summed E-state index contributed by atoms with van der Waals surface area (Å²) in [6, 6.07) is 28.6. The quantitative estimate of drug-likeness (QED) is 0.210. The summed E-state index contributed by atoms with van der Waals surface area (Å²) in [6.07, 6.45) is 0. The highest BCUT2D eigenvalue weighted by atomic mass is 35.5. The van der Waals surface area contributed by atoms with Crippen LogP contribution in [-0.4, -0.2) is 40.1 Å². The van der Waals surface area contributed by atoms with Crippen molar-refractivity contribution < 1.29 is 19.2 Å². The molecule has 6 nitrogen and oxygen atoms in total. The molecule has 4 aromatic rings. The van der Waals surface area contributed by atoms with Gasteiger partial charge in [0.25, 0.3) is 17.7 Å². The Balaban J connectivity index is 1.35. The van der Waals surface area contributed by atoms with Gasteiger partial charge in [0.1, 0.15) is 6.54 Å². The van der Waals surface area contributed by atoms with Gasteiger partial charge >= 0.3 is 0 Å². The lowest BCUT2D eigenvalue weighted by Crippen LogP contribution is -2.52. The van der Waals surface area contributed by atoms with Gasteiger partial charge in [0.05, 0.1) is 22.4 Å². The second kappa shape index (κ2) is 9.68. The molecule has 4 aliphatic rings. The van der Waals surface area contributed by atoms with Gasteiger partial charge in [0, 0.05) is 22.4 Å². The Bertz CT molecular complexity index is 1660. The molecule has 41 heavy (non-hydrogen) atoms. The van der Waals surface area contributed by atoms with Gasteiger partial charge in [-0.15, -0.1) is 0 Å². The van der Waals surface area contributed by atoms with Crippen molar-refractivity contribution >= 4 is 46.7 Å². The number of benzene rings is 4. The van der Waals surface area contributed by atoms with Crippen molar-refractivity contribution in [1.82, 2.24) is 10.0 Å². The zero-order chi connectivity index (χ0) is 28.4. The first-order valence-electron chi connectivity index (χ1n) is 13.3. The van der Waals surface area contributed by atoms with Crippen LogP contribution >= 0.6 is 23.2 Å². The zero-order valence-corrected chi connectivity index (χ0v) is 23.0. The molecule has 1 fully saturated rings. The topological polar surface area (TPSA) is 74.8 Å². The average Bonchev–Trinajstić information content (AvgIpc) is 3.26. The first-order valence-corrected chi connectivity index (χ1v) is 14.0. The second-order valence-corrected chi connectivity index (χ2v) is 11.4. The highest BCUT2D eigenvalue weighted by Gasteiger charge is 2.63. The molecule has 0 spiro atoms. The summed E-state index contributed by atoms with van der Waals surface area (Å²) < 4.78 is 0. The van der Waals surface area contributed by atoms with Gasteiger partial charge in [-0.3, -0.25) is 19.2 Å². The van der Waals surface area contributed by atoms with E-state index in [4.69, 9.17) is 23.2 Å². The summed E-state index contributed by atoms with van der Waals surface area (Å²) in [7, 11) is 0. The summed E-state index contributed by atoms with van der Waals surface area (Å²) in [4.78, 5) is 56.1. The molecule has 0 N–H and O–H groups in total. The largest absolute Gasteiger partial charge is 0.292 e. The van der Waals surface area contributed by atoms with Crippen molar-refractivity contribution in [2.45, 2.75) is 11.8 Å². The Labute approximate surface area is 246 Å². The molecule has 1 aliphatic heterocycles. The molecule has 3 aliphatic carbocycles. The van der Waals surface area contributed by atoms with Crippen LogP contribution in [0.4, 0.5) is 0 Å². The number of Topliss-reactive ketones (excluding diaryl/α,β-unsaturated/α-hetero) is 1. The fourth-order valence-corrected chi connectivity index (χ4v) is 7.28. The van der Waals surface area contributed by atoms with Gasteiger partial charge in [0.15, 0.2) is 5.78 Å². The Kier molecular flexibility index (Phi) is 6.07. The summed E-state index contributed by atoms with van der Waals surface area (Å²) in [6.45, 7) is -0.520. The molecule has 202 valence electrons. The fourth-order valence-electron chi connectivity index (χ4n) is 6.79. The Hall–Kier alpha value is -4.26. The van der Waals surface area contributed by atoms with Crippen LogP contribution in [0.25, 0.3) is 0 Å². The molecule has 1 saturated heterocycles. The van der Waals surface area contributed by atoms with Crippen LogP contribution in [0.5, 0.6) is 0 Å². The molecule has 0 aromatic heterocycles. The maximum absolute atomic E-state index is 14.3. The van der Waals surface area contributed by atoms with Crippen molar-refractivity contribution in [3.63, 3.8) is 0 Å². The lowest BCUT2D eigenvalue weighted by Gasteiger charge is -2.45. The van der Waals surface area contributed by atoms with Gasteiger partial charge in [-0.25, -0.2) is 5.01 Å². The lowest BCUT2D eigenvalue weighted by molar-refractivity contribution is -0.154. The molecule has 8 rings (SSSR count). The number of hydrazine groups is 1. The van der Waals surface area contributed by atoms with E-state index in [0.29, 0.717) is 10.6 Å². The Morgan fingerprint density at radius 1 is 0.683 bits per heavy atom. The summed E-state index contributed by atoms with van der Waals surface area (Å²) >= 11 is 12.5. The van der Waals surface area contributed by atoms with E-state index in [-0.39, 0.29) is 22.4 Å². The highest BCUT2D eigenvalue weighted by molar-refractivity contribution is 6.36. The van der Waals surface area contributed by atoms with Gasteiger partial charge in [-0.1, -0.05) is 102 Å². The van der Waals surface area contributed by atoms with Crippen molar-refractivity contribution in [2.75, 3.05) is 6.54 Å². The molecule has 8 heteroatoms. The number of carbonyl (C=O) groups excluding carboxylic acids is 4. The number of hydrogen-bond acceptors (Lipinski definition) is 4. The molecular formula is C33H22Cl2N2O4. The van der Waals surface area contributed by atoms with Crippen LogP contribution in [0.2, 0.25) is 10.0 Å². The highest BCUT2D eigenvalue weighted by Crippen LogP contribution is 2.61. The van der Waals surface area contributed by atoms with Gasteiger partial charge in [-0.2, -0.15) is 5.01 Å². The first kappa shape index (κ1) is 25.7. The molecule has 0 unspecified atom stereocenters.